The van der Waals surface area contributed by atoms with E-state index in [1.54, 1.807) is 12.1 Å². The van der Waals surface area contributed by atoms with Gasteiger partial charge in [-0.2, -0.15) is 0 Å². The second-order valence-electron chi connectivity index (χ2n) is 6.77. The highest BCUT2D eigenvalue weighted by Crippen LogP contribution is 2.26. The summed E-state index contributed by atoms with van der Waals surface area (Å²) in [5.41, 5.74) is 0.955. The van der Waals surface area contributed by atoms with Gasteiger partial charge in [-0.3, -0.25) is 19.8 Å². The van der Waals surface area contributed by atoms with Gasteiger partial charge in [0.15, 0.2) is 0 Å². The van der Waals surface area contributed by atoms with E-state index in [1.165, 1.54) is 0 Å². The number of hydrogen-bond donors (Lipinski definition) is 2. The fourth-order valence-electron chi connectivity index (χ4n) is 3.45. The number of carbonyl (C=O) groups is 1. The SMILES string of the molecule is CCN(CC(=O)O)C1CC(NC(C)CCc2ccccc2[N+](=O)[O-])C1. The van der Waals surface area contributed by atoms with Crippen LogP contribution in [0.25, 0.3) is 0 Å². The molecule has 1 saturated carbocycles. The number of carboxylic acid groups (broad SMARTS) is 1. The van der Waals surface area contributed by atoms with Crippen molar-refractivity contribution in [2.45, 2.75) is 57.7 Å². The molecule has 1 aliphatic carbocycles. The van der Waals surface area contributed by atoms with Crippen molar-refractivity contribution >= 4 is 11.7 Å². The molecule has 0 bridgehead atoms. The van der Waals surface area contributed by atoms with Crippen LogP contribution >= 0.6 is 0 Å². The average molecular weight is 349 g/mol. The van der Waals surface area contributed by atoms with Crippen molar-refractivity contribution in [2.24, 2.45) is 0 Å². The van der Waals surface area contributed by atoms with Crippen molar-refractivity contribution in [2.75, 3.05) is 13.1 Å². The summed E-state index contributed by atoms with van der Waals surface area (Å²) in [5.74, 6) is -0.781. The van der Waals surface area contributed by atoms with Gasteiger partial charge in [0.25, 0.3) is 5.69 Å². The molecule has 1 unspecified atom stereocenters. The molecule has 0 spiro atoms. The first-order chi connectivity index (χ1) is 11.9. The van der Waals surface area contributed by atoms with E-state index < -0.39 is 5.97 Å². The van der Waals surface area contributed by atoms with E-state index in [4.69, 9.17) is 5.11 Å². The zero-order valence-electron chi connectivity index (χ0n) is 14.9. The number of nitro benzene ring substituents is 1. The second-order valence-corrected chi connectivity index (χ2v) is 6.77. The maximum Gasteiger partial charge on any atom is 0.317 e. The Hall–Kier alpha value is -1.99. The highest BCUT2D eigenvalue weighted by atomic mass is 16.6. The summed E-state index contributed by atoms with van der Waals surface area (Å²) in [7, 11) is 0. The monoisotopic (exact) mass is 349 g/mol. The lowest BCUT2D eigenvalue weighted by atomic mass is 9.84. The third-order valence-electron chi connectivity index (χ3n) is 4.93. The Morgan fingerprint density at radius 2 is 2.12 bits per heavy atom. The van der Waals surface area contributed by atoms with Crippen LogP contribution in [0.5, 0.6) is 0 Å². The Labute approximate surface area is 148 Å². The van der Waals surface area contributed by atoms with Crippen molar-refractivity contribution in [3.05, 3.63) is 39.9 Å². The molecule has 25 heavy (non-hydrogen) atoms. The van der Waals surface area contributed by atoms with Crippen molar-refractivity contribution < 1.29 is 14.8 Å². The number of hydrogen-bond acceptors (Lipinski definition) is 5. The molecule has 0 amide bonds. The number of carboxylic acids is 1. The lowest BCUT2D eigenvalue weighted by Crippen LogP contribution is -2.55. The van der Waals surface area contributed by atoms with Gasteiger partial charge in [-0.05, 0) is 39.2 Å². The largest absolute Gasteiger partial charge is 0.480 e. The van der Waals surface area contributed by atoms with Gasteiger partial charge in [-0.1, -0.05) is 25.1 Å². The molecule has 1 aliphatic rings. The first-order valence-corrected chi connectivity index (χ1v) is 8.84. The molecule has 1 aromatic carbocycles. The van der Waals surface area contributed by atoms with E-state index in [1.807, 2.05) is 24.0 Å². The average Bonchev–Trinajstić information content (AvgIpc) is 2.54. The van der Waals surface area contributed by atoms with Crippen LogP contribution in [0.15, 0.2) is 24.3 Å². The summed E-state index contributed by atoms with van der Waals surface area (Å²) in [6.07, 6.45) is 3.41. The highest BCUT2D eigenvalue weighted by molar-refractivity contribution is 5.69. The number of aliphatic carboxylic acids is 1. The third-order valence-corrected chi connectivity index (χ3v) is 4.93. The molecule has 1 aromatic rings. The van der Waals surface area contributed by atoms with Crippen molar-refractivity contribution in [3.8, 4) is 0 Å². The predicted octanol–water partition coefficient (Wildman–Crippen LogP) is 2.44. The number of benzene rings is 1. The van der Waals surface area contributed by atoms with E-state index in [-0.39, 0.29) is 23.2 Å². The number of nitro groups is 1. The number of para-hydroxylation sites is 1. The zero-order chi connectivity index (χ0) is 18.4. The van der Waals surface area contributed by atoms with Gasteiger partial charge >= 0.3 is 5.97 Å². The van der Waals surface area contributed by atoms with Crippen LogP contribution in [0.3, 0.4) is 0 Å². The van der Waals surface area contributed by atoms with E-state index in [2.05, 4.69) is 12.2 Å². The molecule has 7 nitrogen and oxygen atoms in total. The lowest BCUT2D eigenvalue weighted by molar-refractivity contribution is -0.385. The number of rotatable bonds is 10. The first kappa shape index (κ1) is 19.3. The summed E-state index contributed by atoms with van der Waals surface area (Å²) >= 11 is 0. The number of nitrogens with one attached hydrogen (secondary N) is 1. The third kappa shape index (κ3) is 5.51. The van der Waals surface area contributed by atoms with Gasteiger partial charge in [0.2, 0.25) is 0 Å². The molecular weight excluding hydrogens is 322 g/mol. The fraction of sp³-hybridized carbons (Fsp3) is 0.611. The minimum absolute atomic E-state index is 0.0983. The standard InChI is InChI=1S/C18H27N3O4/c1-3-20(12-18(22)23)16-10-15(11-16)19-13(2)8-9-14-6-4-5-7-17(14)21(24)25/h4-7,13,15-16,19H,3,8-12H2,1-2H3,(H,22,23). The van der Waals surface area contributed by atoms with Crippen molar-refractivity contribution in [3.63, 3.8) is 0 Å². The summed E-state index contributed by atoms with van der Waals surface area (Å²) in [4.78, 5) is 23.6. The van der Waals surface area contributed by atoms with E-state index in [0.717, 1.165) is 31.4 Å². The molecule has 1 fully saturated rings. The van der Waals surface area contributed by atoms with Gasteiger partial charge in [0.1, 0.15) is 0 Å². The van der Waals surface area contributed by atoms with E-state index in [0.29, 0.717) is 18.5 Å². The topological polar surface area (TPSA) is 95.7 Å². The molecule has 0 radical (unpaired) electrons. The minimum Gasteiger partial charge on any atom is -0.480 e. The quantitative estimate of drug-likeness (QED) is 0.497. The molecule has 138 valence electrons. The summed E-state index contributed by atoms with van der Waals surface area (Å²) in [6, 6.07) is 7.88. The van der Waals surface area contributed by atoms with Crippen LogP contribution in [0.1, 0.15) is 38.7 Å². The van der Waals surface area contributed by atoms with Crippen LogP contribution in [-0.4, -0.2) is 52.1 Å². The molecule has 2 rings (SSSR count). The molecule has 0 saturated heterocycles. The Morgan fingerprint density at radius 1 is 1.44 bits per heavy atom. The van der Waals surface area contributed by atoms with Crippen LogP contribution in [-0.2, 0) is 11.2 Å². The lowest BCUT2D eigenvalue weighted by Gasteiger charge is -2.43. The van der Waals surface area contributed by atoms with Gasteiger partial charge < -0.3 is 10.4 Å². The van der Waals surface area contributed by atoms with Gasteiger partial charge in [-0.15, -0.1) is 0 Å². The maximum atomic E-state index is 11.0. The molecule has 0 aliphatic heterocycles. The summed E-state index contributed by atoms with van der Waals surface area (Å²) in [6.45, 7) is 4.92. The van der Waals surface area contributed by atoms with Gasteiger partial charge in [0, 0.05) is 29.8 Å². The molecule has 0 aromatic heterocycles. The Kier molecular flexibility index (Phi) is 6.90. The van der Waals surface area contributed by atoms with Crippen LogP contribution in [0.2, 0.25) is 0 Å². The van der Waals surface area contributed by atoms with E-state index >= 15 is 0 Å². The second kappa shape index (κ2) is 8.92. The predicted molar refractivity (Wildman–Crippen MR) is 95.7 cm³/mol. The Balaban J connectivity index is 1.75. The normalized spacial score (nSPS) is 20.9. The molecular formula is C18H27N3O4. The number of likely N-dealkylation sites (N-methyl/N-ethyl adjacent to an activating group) is 1. The first-order valence-electron chi connectivity index (χ1n) is 8.84. The summed E-state index contributed by atoms with van der Waals surface area (Å²) < 4.78 is 0. The van der Waals surface area contributed by atoms with Crippen LogP contribution in [0, 0.1) is 10.1 Å². The van der Waals surface area contributed by atoms with Crippen molar-refractivity contribution in [1.29, 1.82) is 0 Å². The van der Waals surface area contributed by atoms with Crippen LogP contribution in [0.4, 0.5) is 5.69 Å². The summed E-state index contributed by atoms with van der Waals surface area (Å²) in [5, 5.41) is 23.5. The molecule has 7 heteroatoms. The zero-order valence-corrected chi connectivity index (χ0v) is 14.9. The fourth-order valence-corrected chi connectivity index (χ4v) is 3.45. The minimum atomic E-state index is -0.781. The maximum absolute atomic E-state index is 11.0. The Morgan fingerprint density at radius 3 is 2.72 bits per heavy atom. The van der Waals surface area contributed by atoms with Gasteiger partial charge in [-0.25, -0.2) is 0 Å². The van der Waals surface area contributed by atoms with E-state index in [9.17, 15) is 14.9 Å². The number of nitrogens with zero attached hydrogens (tertiary/aromatic N) is 2. The molecule has 0 heterocycles. The van der Waals surface area contributed by atoms with Gasteiger partial charge in [0.05, 0.1) is 11.5 Å². The number of aryl methyl sites for hydroxylation is 1. The molecule has 2 N–H and O–H groups in total. The van der Waals surface area contributed by atoms with Crippen molar-refractivity contribution in [1.82, 2.24) is 10.2 Å². The smallest absolute Gasteiger partial charge is 0.317 e. The Bertz CT molecular complexity index is 602. The molecule has 1 atom stereocenters. The van der Waals surface area contributed by atoms with Crippen LogP contribution < -0.4 is 5.32 Å². The highest BCUT2D eigenvalue weighted by Gasteiger charge is 2.34.